The van der Waals surface area contributed by atoms with Crippen LogP contribution >= 0.6 is 15.9 Å². The Balaban J connectivity index is 1.88. The molecular formula is C15H17BrN2O2. The Bertz CT molecular complexity index is 533. The maximum Gasteiger partial charge on any atom is 0.234 e. The second kappa shape index (κ2) is 5.28. The topological polar surface area (TPSA) is 50.3 Å². The summed E-state index contributed by atoms with van der Waals surface area (Å²) < 4.78 is 0.682. The van der Waals surface area contributed by atoms with Crippen molar-refractivity contribution in [3.8, 4) is 0 Å². The van der Waals surface area contributed by atoms with Crippen molar-refractivity contribution in [2.24, 2.45) is 5.41 Å². The first kappa shape index (κ1) is 13.7. The summed E-state index contributed by atoms with van der Waals surface area (Å²) >= 11 is 3.37. The third-order valence-corrected chi connectivity index (χ3v) is 5.07. The Morgan fingerprint density at radius 3 is 2.35 bits per heavy atom. The molecule has 0 radical (unpaired) electrons. The number of aromatic nitrogens is 1. The van der Waals surface area contributed by atoms with Crippen LogP contribution in [0.15, 0.2) is 22.9 Å². The standard InChI is InChI=1S/C15H17BrN2O2/c16-11-10-17-7-4-12(11)18-13(19)8-15(9-14(18)20)5-2-1-3-6-15/h4,7,10H,1-3,5-6,8-9H2. The number of imide groups is 1. The van der Waals surface area contributed by atoms with Crippen LogP contribution in [-0.2, 0) is 9.59 Å². The van der Waals surface area contributed by atoms with E-state index in [1.807, 2.05) is 0 Å². The average molecular weight is 337 g/mol. The highest BCUT2D eigenvalue weighted by Crippen LogP contribution is 2.46. The van der Waals surface area contributed by atoms with E-state index in [4.69, 9.17) is 0 Å². The molecule has 2 heterocycles. The average Bonchev–Trinajstić information content (AvgIpc) is 2.41. The third-order valence-electron chi connectivity index (χ3n) is 4.46. The number of piperidine rings is 1. The van der Waals surface area contributed by atoms with Gasteiger partial charge in [-0.15, -0.1) is 0 Å². The molecule has 1 saturated heterocycles. The molecule has 1 aromatic heterocycles. The van der Waals surface area contributed by atoms with Gasteiger partial charge in [0.05, 0.1) is 10.2 Å². The van der Waals surface area contributed by atoms with Crippen LogP contribution in [0.4, 0.5) is 5.69 Å². The first-order valence-electron chi connectivity index (χ1n) is 7.07. The highest BCUT2D eigenvalue weighted by atomic mass is 79.9. The van der Waals surface area contributed by atoms with Gasteiger partial charge < -0.3 is 0 Å². The molecular weight excluding hydrogens is 320 g/mol. The van der Waals surface area contributed by atoms with Crippen LogP contribution in [-0.4, -0.2) is 16.8 Å². The van der Waals surface area contributed by atoms with Crippen molar-refractivity contribution in [2.75, 3.05) is 4.90 Å². The molecule has 3 rings (SSSR count). The van der Waals surface area contributed by atoms with Crippen LogP contribution in [0.2, 0.25) is 0 Å². The van der Waals surface area contributed by atoms with E-state index in [9.17, 15) is 9.59 Å². The zero-order valence-corrected chi connectivity index (χ0v) is 12.9. The summed E-state index contributed by atoms with van der Waals surface area (Å²) in [5.74, 6) is -0.148. The monoisotopic (exact) mass is 336 g/mol. The summed E-state index contributed by atoms with van der Waals surface area (Å²) in [5.41, 5.74) is 0.545. The van der Waals surface area contributed by atoms with Gasteiger partial charge in [-0.3, -0.25) is 14.6 Å². The van der Waals surface area contributed by atoms with Crippen molar-refractivity contribution in [3.63, 3.8) is 0 Å². The lowest BCUT2D eigenvalue weighted by atomic mass is 9.67. The lowest BCUT2D eigenvalue weighted by Crippen LogP contribution is -2.49. The molecule has 4 nitrogen and oxygen atoms in total. The molecule has 20 heavy (non-hydrogen) atoms. The molecule has 5 heteroatoms. The minimum Gasteiger partial charge on any atom is -0.274 e. The van der Waals surface area contributed by atoms with Crippen molar-refractivity contribution in [3.05, 3.63) is 22.9 Å². The number of halogens is 1. The Kier molecular flexibility index (Phi) is 3.63. The first-order chi connectivity index (χ1) is 9.61. The largest absolute Gasteiger partial charge is 0.274 e. The molecule has 1 aromatic rings. The zero-order chi connectivity index (χ0) is 14.2. The van der Waals surface area contributed by atoms with Crippen LogP contribution in [0.5, 0.6) is 0 Å². The fraction of sp³-hybridized carbons (Fsp3) is 0.533. The van der Waals surface area contributed by atoms with Gasteiger partial charge >= 0.3 is 0 Å². The molecule has 2 fully saturated rings. The van der Waals surface area contributed by atoms with Gasteiger partial charge in [0, 0.05) is 25.2 Å². The van der Waals surface area contributed by atoms with Gasteiger partial charge in [0.25, 0.3) is 0 Å². The van der Waals surface area contributed by atoms with Crippen LogP contribution in [0, 0.1) is 5.41 Å². The van der Waals surface area contributed by atoms with Crippen molar-refractivity contribution in [1.82, 2.24) is 4.98 Å². The van der Waals surface area contributed by atoms with E-state index < -0.39 is 0 Å². The molecule has 1 aliphatic carbocycles. The van der Waals surface area contributed by atoms with Crippen LogP contribution < -0.4 is 4.90 Å². The maximum absolute atomic E-state index is 12.5. The van der Waals surface area contributed by atoms with Crippen molar-refractivity contribution in [2.45, 2.75) is 44.9 Å². The Labute approximate surface area is 126 Å². The van der Waals surface area contributed by atoms with E-state index in [1.165, 1.54) is 11.3 Å². The molecule has 1 saturated carbocycles. The maximum atomic E-state index is 12.5. The molecule has 2 aliphatic rings. The summed E-state index contributed by atoms with van der Waals surface area (Å²) in [6.07, 6.45) is 9.72. The molecule has 0 aromatic carbocycles. The van der Waals surface area contributed by atoms with Crippen LogP contribution in [0.25, 0.3) is 0 Å². The molecule has 0 unspecified atom stereocenters. The van der Waals surface area contributed by atoms with Crippen LogP contribution in [0.1, 0.15) is 44.9 Å². The Morgan fingerprint density at radius 2 is 1.75 bits per heavy atom. The molecule has 0 N–H and O–H groups in total. The molecule has 0 bridgehead atoms. The van der Waals surface area contributed by atoms with E-state index in [0.717, 1.165) is 25.7 Å². The van der Waals surface area contributed by atoms with Crippen molar-refractivity contribution in [1.29, 1.82) is 0 Å². The summed E-state index contributed by atoms with van der Waals surface area (Å²) in [7, 11) is 0. The normalized spacial score (nSPS) is 22.4. The predicted molar refractivity (Wildman–Crippen MR) is 79.2 cm³/mol. The van der Waals surface area contributed by atoms with Gasteiger partial charge in [-0.2, -0.15) is 0 Å². The second-order valence-corrected chi connectivity index (χ2v) is 6.72. The third kappa shape index (κ3) is 2.39. The van der Waals surface area contributed by atoms with E-state index in [0.29, 0.717) is 23.0 Å². The predicted octanol–water partition coefficient (Wildman–Crippen LogP) is 3.45. The van der Waals surface area contributed by atoms with E-state index in [-0.39, 0.29) is 17.2 Å². The molecule has 2 amide bonds. The zero-order valence-electron chi connectivity index (χ0n) is 11.3. The number of hydrogen-bond donors (Lipinski definition) is 0. The summed E-state index contributed by atoms with van der Waals surface area (Å²) in [6.45, 7) is 0. The summed E-state index contributed by atoms with van der Waals surface area (Å²) in [5, 5.41) is 0. The Morgan fingerprint density at radius 1 is 1.10 bits per heavy atom. The van der Waals surface area contributed by atoms with Gasteiger partial charge in [-0.25, -0.2) is 4.90 Å². The molecule has 1 aliphatic heterocycles. The smallest absolute Gasteiger partial charge is 0.234 e. The highest BCUT2D eigenvalue weighted by Gasteiger charge is 2.44. The van der Waals surface area contributed by atoms with Crippen LogP contribution in [0.3, 0.4) is 0 Å². The summed E-state index contributed by atoms with van der Waals surface area (Å²) in [6, 6.07) is 1.71. The quantitative estimate of drug-likeness (QED) is 0.738. The lowest BCUT2D eigenvalue weighted by molar-refractivity contribution is -0.134. The number of anilines is 1. The first-order valence-corrected chi connectivity index (χ1v) is 7.86. The Hall–Kier alpha value is -1.23. The van der Waals surface area contributed by atoms with Crippen molar-refractivity contribution < 1.29 is 9.59 Å². The summed E-state index contributed by atoms with van der Waals surface area (Å²) in [4.78, 5) is 30.3. The van der Waals surface area contributed by atoms with Gasteiger partial charge in [-0.05, 0) is 40.3 Å². The number of carbonyl (C=O) groups excluding carboxylic acids is 2. The molecule has 0 atom stereocenters. The van der Waals surface area contributed by atoms with E-state index >= 15 is 0 Å². The SMILES string of the molecule is O=C1CC2(CCCCC2)CC(=O)N1c1ccncc1Br. The minimum atomic E-state index is -0.0740. The fourth-order valence-electron chi connectivity index (χ4n) is 3.47. The number of rotatable bonds is 1. The van der Waals surface area contributed by atoms with Gasteiger partial charge in [-0.1, -0.05) is 19.3 Å². The molecule has 1 spiro atoms. The number of amides is 2. The highest BCUT2D eigenvalue weighted by molar-refractivity contribution is 9.10. The van der Waals surface area contributed by atoms with Gasteiger partial charge in [0.1, 0.15) is 0 Å². The second-order valence-electron chi connectivity index (χ2n) is 5.86. The lowest BCUT2D eigenvalue weighted by Gasteiger charge is -2.42. The fourth-order valence-corrected chi connectivity index (χ4v) is 3.90. The molecule has 106 valence electrons. The minimum absolute atomic E-state index is 0.0670. The van der Waals surface area contributed by atoms with E-state index in [2.05, 4.69) is 20.9 Å². The van der Waals surface area contributed by atoms with Crippen molar-refractivity contribution >= 4 is 33.4 Å². The van der Waals surface area contributed by atoms with E-state index in [1.54, 1.807) is 18.5 Å². The number of pyridine rings is 1. The van der Waals surface area contributed by atoms with Gasteiger partial charge in [0.2, 0.25) is 11.8 Å². The number of carbonyl (C=O) groups is 2. The number of hydrogen-bond acceptors (Lipinski definition) is 3. The number of nitrogens with zero attached hydrogens (tertiary/aromatic N) is 2. The van der Waals surface area contributed by atoms with Gasteiger partial charge in [0.15, 0.2) is 0 Å².